The summed E-state index contributed by atoms with van der Waals surface area (Å²) in [5.41, 5.74) is 1.01. The van der Waals surface area contributed by atoms with Gasteiger partial charge in [-0.2, -0.15) is 0 Å². The van der Waals surface area contributed by atoms with Crippen LogP contribution in [0.25, 0.3) is 0 Å². The average Bonchev–Trinajstić information content (AvgIpc) is 3.15. The van der Waals surface area contributed by atoms with Crippen LogP contribution in [0.15, 0.2) is 18.2 Å². The minimum Gasteiger partial charge on any atom is -0.493 e. The molecule has 1 N–H and O–H groups in total. The SMILES string of the molecule is COc1ccc(C(C)NC(=O)C2CC2C)cc1OC. The first-order valence-electron chi connectivity index (χ1n) is 6.59. The molecule has 19 heavy (non-hydrogen) atoms. The first-order chi connectivity index (χ1) is 9.06. The highest BCUT2D eigenvalue weighted by Crippen LogP contribution is 2.38. The molecule has 0 aliphatic heterocycles. The van der Waals surface area contributed by atoms with Gasteiger partial charge < -0.3 is 14.8 Å². The van der Waals surface area contributed by atoms with Crippen molar-refractivity contribution in [2.45, 2.75) is 26.3 Å². The summed E-state index contributed by atoms with van der Waals surface area (Å²) in [6.45, 7) is 4.08. The molecule has 1 saturated carbocycles. The summed E-state index contributed by atoms with van der Waals surface area (Å²) in [4.78, 5) is 11.9. The van der Waals surface area contributed by atoms with Crippen LogP contribution >= 0.6 is 0 Å². The Morgan fingerprint density at radius 1 is 1.32 bits per heavy atom. The van der Waals surface area contributed by atoms with Crippen molar-refractivity contribution in [1.82, 2.24) is 5.32 Å². The lowest BCUT2D eigenvalue weighted by Crippen LogP contribution is -2.28. The molecule has 2 rings (SSSR count). The third kappa shape index (κ3) is 3.00. The van der Waals surface area contributed by atoms with Crippen molar-refractivity contribution in [3.05, 3.63) is 23.8 Å². The number of nitrogens with one attached hydrogen (secondary N) is 1. The molecule has 0 aromatic heterocycles. The summed E-state index contributed by atoms with van der Waals surface area (Å²) >= 11 is 0. The fourth-order valence-corrected chi connectivity index (χ4v) is 2.21. The highest BCUT2D eigenvalue weighted by molar-refractivity contribution is 5.81. The fourth-order valence-electron chi connectivity index (χ4n) is 2.21. The zero-order valence-corrected chi connectivity index (χ0v) is 11.9. The molecule has 3 unspecified atom stereocenters. The van der Waals surface area contributed by atoms with Gasteiger partial charge in [-0.25, -0.2) is 0 Å². The fraction of sp³-hybridized carbons (Fsp3) is 0.533. The third-order valence-electron chi connectivity index (χ3n) is 3.71. The summed E-state index contributed by atoms with van der Waals surface area (Å²) < 4.78 is 10.5. The van der Waals surface area contributed by atoms with E-state index < -0.39 is 0 Å². The van der Waals surface area contributed by atoms with Crippen LogP contribution in [0.3, 0.4) is 0 Å². The molecule has 1 amide bonds. The maximum Gasteiger partial charge on any atom is 0.223 e. The molecule has 4 nitrogen and oxygen atoms in total. The molecule has 0 heterocycles. The standard InChI is InChI=1S/C15H21NO3/c1-9-7-12(9)15(17)16-10(2)11-5-6-13(18-3)14(8-11)19-4/h5-6,8-10,12H,7H2,1-4H3,(H,16,17). The van der Waals surface area contributed by atoms with Gasteiger partial charge in [-0.15, -0.1) is 0 Å². The van der Waals surface area contributed by atoms with Gasteiger partial charge in [-0.1, -0.05) is 13.0 Å². The van der Waals surface area contributed by atoms with Gasteiger partial charge in [0, 0.05) is 5.92 Å². The first kappa shape index (κ1) is 13.7. The van der Waals surface area contributed by atoms with Crippen LogP contribution in [0.4, 0.5) is 0 Å². The highest BCUT2D eigenvalue weighted by atomic mass is 16.5. The largest absolute Gasteiger partial charge is 0.493 e. The summed E-state index contributed by atoms with van der Waals surface area (Å²) in [5.74, 6) is 2.25. The molecule has 0 saturated heterocycles. The van der Waals surface area contributed by atoms with Crippen molar-refractivity contribution in [2.75, 3.05) is 14.2 Å². The molecular formula is C15H21NO3. The van der Waals surface area contributed by atoms with Gasteiger partial charge in [0.15, 0.2) is 11.5 Å². The van der Waals surface area contributed by atoms with Gasteiger partial charge in [-0.3, -0.25) is 4.79 Å². The number of hydrogen-bond acceptors (Lipinski definition) is 3. The van der Waals surface area contributed by atoms with E-state index in [-0.39, 0.29) is 17.9 Å². The van der Waals surface area contributed by atoms with E-state index in [0.717, 1.165) is 12.0 Å². The number of benzene rings is 1. The molecule has 1 aliphatic carbocycles. The maximum absolute atomic E-state index is 11.9. The summed E-state index contributed by atoms with van der Waals surface area (Å²) in [6, 6.07) is 5.68. The highest BCUT2D eigenvalue weighted by Gasteiger charge is 2.39. The number of amides is 1. The van der Waals surface area contributed by atoms with Gasteiger partial charge in [0.05, 0.1) is 20.3 Å². The van der Waals surface area contributed by atoms with Crippen LogP contribution in [0, 0.1) is 11.8 Å². The lowest BCUT2D eigenvalue weighted by Gasteiger charge is -2.16. The van der Waals surface area contributed by atoms with Gasteiger partial charge in [-0.05, 0) is 37.0 Å². The van der Waals surface area contributed by atoms with Crippen molar-refractivity contribution < 1.29 is 14.3 Å². The maximum atomic E-state index is 11.9. The Hall–Kier alpha value is -1.71. The minimum absolute atomic E-state index is 0.0277. The predicted octanol–water partition coefficient (Wildman–Crippen LogP) is 2.54. The summed E-state index contributed by atoms with van der Waals surface area (Å²) in [5, 5.41) is 3.04. The molecular weight excluding hydrogens is 242 g/mol. The van der Waals surface area contributed by atoms with Gasteiger partial charge >= 0.3 is 0 Å². The van der Waals surface area contributed by atoms with E-state index in [1.165, 1.54) is 0 Å². The van der Waals surface area contributed by atoms with Crippen LogP contribution < -0.4 is 14.8 Å². The molecule has 1 aromatic rings. The topological polar surface area (TPSA) is 47.6 Å². The lowest BCUT2D eigenvalue weighted by atomic mass is 10.1. The van der Waals surface area contributed by atoms with Crippen molar-refractivity contribution in [2.24, 2.45) is 11.8 Å². The molecule has 1 aliphatic rings. The van der Waals surface area contributed by atoms with E-state index in [1.807, 2.05) is 25.1 Å². The van der Waals surface area contributed by atoms with Crippen molar-refractivity contribution in [3.63, 3.8) is 0 Å². The number of carbonyl (C=O) groups excluding carboxylic acids is 1. The molecule has 1 aromatic carbocycles. The molecule has 0 bridgehead atoms. The van der Waals surface area contributed by atoms with Gasteiger partial charge in [0.2, 0.25) is 5.91 Å². The second kappa shape index (κ2) is 5.51. The van der Waals surface area contributed by atoms with Crippen molar-refractivity contribution in [3.8, 4) is 11.5 Å². The summed E-state index contributed by atoms with van der Waals surface area (Å²) in [7, 11) is 3.22. The second-order valence-electron chi connectivity index (χ2n) is 5.16. The van der Waals surface area contributed by atoms with Crippen molar-refractivity contribution >= 4 is 5.91 Å². The van der Waals surface area contributed by atoms with Gasteiger partial charge in [0.1, 0.15) is 0 Å². The normalized spacial score (nSPS) is 22.5. The van der Waals surface area contributed by atoms with Gasteiger partial charge in [0.25, 0.3) is 0 Å². The second-order valence-corrected chi connectivity index (χ2v) is 5.16. The van der Waals surface area contributed by atoms with E-state index in [9.17, 15) is 4.79 Å². The van der Waals surface area contributed by atoms with E-state index >= 15 is 0 Å². The Morgan fingerprint density at radius 3 is 2.47 bits per heavy atom. The quantitative estimate of drug-likeness (QED) is 0.888. The Labute approximate surface area is 114 Å². The van der Waals surface area contributed by atoms with E-state index in [0.29, 0.717) is 17.4 Å². The molecule has 1 fully saturated rings. The Kier molecular flexibility index (Phi) is 3.98. The number of rotatable bonds is 5. The number of hydrogen-bond donors (Lipinski definition) is 1. The Morgan fingerprint density at radius 2 is 1.95 bits per heavy atom. The minimum atomic E-state index is -0.0277. The monoisotopic (exact) mass is 263 g/mol. The third-order valence-corrected chi connectivity index (χ3v) is 3.71. The van der Waals surface area contributed by atoms with E-state index in [2.05, 4.69) is 12.2 Å². The average molecular weight is 263 g/mol. The molecule has 104 valence electrons. The van der Waals surface area contributed by atoms with E-state index in [4.69, 9.17) is 9.47 Å². The molecule has 0 spiro atoms. The molecule has 4 heteroatoms. The van der Waals surface area contributed by atoms with Crippen LogP contribution in [-0.2, 0) is 4.79 Å². The first-order valence-corrected chi connectivity index (χ1v) is 6.59. The van der Waals surface area contributed by atoms with E-state index in [1.54, 1.807) is 14.2 Å². The van der Waals surface area contributed by atoms with Crippen LogP contribution in [0.2, 0.25) is 0 Å². The van der Waals surface area contributed by atoms with Crippen molar-refractivity contribution in [1.29, 1.82) is 0 Å². The zero-order valence-electron chi connectivity index (χ0n) is 11.9. The lowest BCUT2D eigenvalue weighted by molar-refractivity contribution is -0.123. The predicted molar refractivity (Wildman–Crippen MR) is 73.4 cm³/mol. The molecule has 3 atom stereocenters. The van der Waals surface area contributed by atoms with Crippen LogP contribution in [0.1, 0.15) is 31.9 Å². The number of carbonyl (C=O) groups is 1. The molecule has 0 radical (unpaired) electrons. The Balaban J connectivity index is 2.06. The summed E-state index contributed by atoms with van der Waals surface area (Å²) in [6.07, 6.45) is 1.00. The number of ether oxygens (including phenoxy) is 2. The Bertz CT molecular complexity index is 472. The number of methoxy groups -OCH3 is 2. The smallest absolute Gasteiger partial charge is 0.223 e. The van der Waals surface area contributed by atoms with Crippen LogP contribution in [0.5, 0.6) is 11.5 Å². The zero-order chi connectivity index (χ0) is 14.0. The van der Waals surface area contributed by atoms with Crippen LogP contribution in [-0.4, -0.2) is 20.1 Å².